The monoisotopic (exact) mass is 594 g/mol. The summed E-state index contributed by atoms with van der Waals surface area (Å²) in [5.41, 5.74) is -0.244. The summed E-state index contributed by atoms with van der Waals surface area (Å²) in [6, 6.07) is 9.26. The molecule has 0 radical (unpaired) electrons. The molecule has 4 unspecified atom stereocenters. The van der Waals surface area contributed by atoms with Crippen molar-refractivity contribution in [1.29, 1.82) is 0 Å². The molecule has 15 heteroatoms. The lowest BCUT2D eigenvalue weighted by Crippen LogP contribution is -2.65. The van der Waals surface area contributed by atoms with E-state index < -0.39 is 85.8 Å². The molecule has 10 atom stereocenters. The van der Waals surface area contributed by atoms with Gasteiger partial charge in [-0.15, -0.1) is 0 Å². The Morgan fingerprint density at radius 3 is 2.00 bits per heavy atom. The average molecular weight is 595 g/mol. The van der Waals surface area contributed by atoms with Crippen LogP contribution in [0.1, 0.15) is 0 Å². The Bertz CT molecular complexity index is 1440. The van der Waals surface area contributed by atoms with E-state index in [0.717, 1.165) is 12.1 Å². The van der Waals surface area contributed by atoms with E-state index in [0.29, 0.717) is 5.56 Å². The summed E-state index contributed by atoms with van der Waals surface area (Å²) in [5.74, 6) is -0.592. The van der Waals surface area contributed by atoms with Crippen LogP contribution in [0.2, 0.25) is 0 Å². The lowest BCUT2D eigenvalue weighted by atomic mass is 9.97. The molecule has 2 aliphatic rings. The van der Waals surface area contributed by atoms with Crippen molar-refractivity contribution >= 4 is 11.0 Å². The van der Waals surface area contributed by atoms with Gasteiger partial charge in [-0.25, -0.2) is 0 Å². The largest absolute Gasteiger partial charge is 0.508 e. The van der Waals surface area contributed by atoms with E-state index in [2.05, 4.69) is 0 Å². The Morgan fingerprint density at radius 1 is 0.738 bits per heavy atom. The number of aliphatic hydroxyl groups excluding tert-OH is 7. The molecular formula is C27H30O15. The second-order valence-corrected chi connectivity index (χ2v) is 9.96. The molecule has 1 aromatic heterocycles. The van der Waals surface area contributed by atoms with Gasteiger partial charge in [0.25, 0.3) is 0 Å². The fraction of sp³-hybridized carbons (Fsp3) is 0.444. The van der Waals surface area contributed by atoms with Gasteiger partial charge in [-0.2, -0.15) is 0 Å². The molecule has 2 saturated heterocycles. The van der Waals surface area contributed by atoms with Crippen molar-refractivity contribution in [3.05, 3.63) is 52.7 Å². The lowest BCUT2D eigenvalue weighted by molar-refractivity contribution is -0.357. The first kappa shape index (κ1) is 30.1. The lowest BCUT2D eigenvalue weighted by Gasteiger charge is -2.45. The maximum atomic E-state index is 12.8. The van der Waals surface area contributed by atoms with Crippen molar-refractivity contribution in [1.82, 2.24) is 0 Å². The van der Waals surface area contributed by atoms with Gasteiger partial charge in [0, 0.05) is 23.8 Å². The highest BCUT2D eigenvalue weighted by Crippen LogP contribution is 2.35. The van der Waals surface area contributed by atoms with Crippen LogP contribution in [0.5, 0.6) is 17.2 Å². The number of ether oxygens (including phenoxy) is 4. The van der Waals surface area contributed by atoms with E-state index in [9.17, 15) is 50.8 Å². The maximum absolute atomic E-state index is 12.8. The molecule has 2 fully saturated rings. The summed E-state index contributed by atoms with van der Waals surface area (Å²) < 4.78 is 28.2. The van der Waals surface area contributed by atoms with Crippen LogP contribution in [0, 0.1) is 0 Å². The molecule has 15 nitrogen and oxygen atoms in total. The van der Waals surface area contributed by atoms with Gasteiger partial charge < -0.3 is 69.3 Å². The number of hydrogen-bond acceptors (Lipinski definition) is 15. The molecule has 0 spiro atoms. The Kier molecular flexibility index (Phi) is 8.68. The minimum Gasteiger partial charge on any atom is -0.508 e. The molecule has 0 saturated carbocycles. The topological polar surface area (TPSA) is 249 Å². The summed E-state index contributed by atoms with van der Waals surface area (Å²) in [6.07, 6.45) is -16.7. The Hall–Kier alpha value is -3.35. The Labute approximate surface area is 236 Å². The van der Waals surface area contributed by atoms with E-state index in [1.165, 1.54) is 30.3 Å². The van der Waals surface area contributed by atoms with Gasteiger partial charge in [-0.3, -0.25) is 4.79 Å². The predicted octanol–water partition coefficient (Wildman–Crippen LogP) is -2.13. The van der Waals surface area contributed by atoms with Gasteiger partial charge in [-0.05, 0) is 24.3 Å². The van der Waals surface area contributed by atoms with Crippen LogP contribution in [0.25, 0.3) is 22.3 Å². The van der Waals surface area contributed by atoms with Crippen LogP contribution in [-0.4, -0.2) is 121 Å². The molecule has 0 amide bonds. The summed E-state index contributed by atoms with van der Waals surface area (Å²) in [5, 5.41) is 90.9. The van der Waals surface area contributed by atoms with Crippen molar-refractivity contribution in [2.24, 2.45) is 0 Å². The Morgan fingerprint density at radius 2 is 1.36 bits per heavy atom. The molecule has 3 heterocycles. The van der Waals surface area contributed by atoms with E-state index in [1.807, 2.05) is 0 Å². The number of benzene rings is 2. The summed E-state index contributed by atoms with van der Waals surface area (Å²) in [6.45, 7) is -1.50. The highest BCUT2D eigenvalue weighted by atomic mass is 16.8. The number of aliphatic hydroxyl groups is 7. The van der Waals surface area contributed by atoms with Crippen molar-refractivity contribution in [2.75, 3.05) is 13.2 Å². The summed E-state index contributed by atoms with van der Waals surface area (Å²) in [4.78, 5) is 12.8. The SMILES string of the molecule is O=c1cc(-c2ccc(O)cc2)oc2cc(O[C@@H]3OC(CO)[C@@H](O)[C@H](O)C3O[C@@H]3OC(CO)[C@@H](O)[C@H](O)C3O)cc(O)c12. The average Bonchev–Trinajstić information content (AvgIpc) is 2.96. The second kappa shape index (κ2) is 12.1. The van der Waals surface area contributed by atoms with E-state index >= 15 is 0 Å². The van der Waals surface area contributed by atoms with Crippen LogP contribution in [-0.2, 0) is 14.2 Å². The summed E-state index contributed by atoms with van der Waals surface area (Å²) in [7, 11) is 0. The highest BCUT2D eigenvalue weighted by Gasteiger charge is 2.51. The van der Waals surface area contributed by atoms with Gasteiger partial charge >= 0.3 is 0 Å². The number of phenolic OH excluding ortho intramolecular Hbond substituents is 2. The van der Waals surface area contributed by atoms with Crippen LogP contribution in [0.4, 0.5) is 0 Å². The zero-order chi connectivity index (χ0) is 30.3. The zero-order valence-corrected chi connectivity index (χ0v) is 21.7. The highest BCUT2D eigenvalue weighted by molar-refractivity contribution is 5.86. The first-order valence-corrected chi connectivity index (χ1v) is 12.9. The van der Waals surface area contributed by atoms with Crippen molar-refractivity contribution in [2.45, 2.75) is 61.4 Å². The molecule has 42 heavy (non-hydrogen) atoms. The molecule has 9 N–H and O–H groups in total. The van der Waals surface area contributed by atoms with Gasteiger partial charge in [-0.1, -0.05) is 0 Å². The molecule has 228 valence electrons. The molecule has 5 rings (SSSR count). The second-order valence-electron chi connectivity index (χ2n) is 9.96. The number of phenols is 2. The fourth-order valence-electron chi connectivity index (χ4n) is 4.84. The first-order chi connectivity index (χ1) is 20.0. The fourth-order valence-corrected chi connectivity index (χ4v) is 4.84. The molecule has 3 aromatic rings. The smallest absolute Gasteiger partial charge is 0.229 e. The van der Waals surface area contributed by atoms with Crippen molar-refractivity contribution < 1.29 is 69.3 Å². The van der Waals surface area contributed by atoms with Crippen molar-refractivity contribution in [3.8, 4) is 28.6 Å². The third-order valence-corrected chi connectivity index (χ3v) is 7.15. The van der Waals surface area contributed by atoms with Crippen LogP contribution in [0.3, 0.4) is 0 Å². The van der Waals surface area contributed by atoms with Crippen molar-refractivity contribution in [3.63, 3.8) is 0 Å². The minimum absolute atomic E-state index is 0.00308. The summed E-state index contributed by atoms with van der Waals surface area (Å²) >= 11 is 0. The zero-order valence-electron chi connectivity index (χ0n) is 21.7. The number of hydrogen-bond donors (Lipinski definition) is 9. The maximum Gasteiger partial charge on any atom is 0.229 e. The van der Waals surface area contributed by atoms with Crippen LogP contribution < -0.4 is 10.2 Å². The molecular weight excluding hydrogens is 564 g/mol. The minimum atomic E-state index is -1.86. The van der Waals surface area contributed by atoms with E-state index in [4.69, 9.17) is 23.4 Å². The standard InChI is InChI=1S/C27H30O15/c28-8-17-20(33)22(35)24(37)26(40-17)42-25-23(36)21(34)18(9-29)41-27(25)38-12-5-13(31)19-14(32)7-15(39-16(19)6-12)10-1-3-11(30)4-2-10/h1-7,17-18,20-31,33-37H,8-9H2/t17?,18?,20-,21-,22+,23+,24?,25?,26+,27-/m1/s1. The molecule has 2 aromatic carbocycles. The number of rotatable bonds is 7. The quantitative estimate of drug-likeness (QED) is 0.142. The van der Waals surface area contributed by atoms with Gasteiger partial charge in [0.2, 0.25) is 6.29 Å². The Balaban J connectivity index is 1.47. The van der Waals surface area contributed by atoms with Crippen LogP contribution >= 0.6 is 0 Å². The number of fused-ring (bicyclic) bond motifs is 1. The number of aromatic hydroxyl groups is 2. The predicted molar refractivity (Wildman–Crippen MR) is 138 cm³/mol. The molecule has 0 aliphatic carbocycles. The normalized spacial score (nSPS) is 33.5. The van der Waals surface area contributed by atoms with Gasteiger partial charge in [0.15, 0.2) is 17.8 Å². The molecule has 0 bridgehead atoms. The van der Waals surface area contributed by atoms with Crippen LogP contribution in [0.15, 0.2) is 51.7 Å². The first-order valence-electron chi connectivity index (χ1n) is 12.9. The third kappa shape index (κ3) is 5.67. The third-order valence-electron chi connectivity index (χ3n) is 7.15. The molecule has 2 aliphatic heterocycles. The van der Waals surface area contributed by atoms with Gasteiger partial charge in [0.1, 0.15) is 76.7 Å². The van der Waals surface area contributed by atoms with E-state index in [1.54, 1.807) is 0 Å². The van der Waals surface area contributed by atoms with Gasteiger partial charge in [0.05, 0.1) is 13.2 Å². The van der Waals surface area contributed by atoms with E-state index in [-0.39, 0.29) is 28.2 Å².